The quantitative estimate of drug-likeness (QED) is 0.895. The number of amides is 1. The zero-order valence-corrected chi connectivity index (χ0v) is 15.4. The molecule has 0 spiro atoms. The molecule has 2 aromatic heterocycles. The van der Waals surface area contributed by atoms with Crippen molar-refractivity contribution in [3.8, 4) is 0 Å². The Morgan fingerprint density at radius 1 is 1.00 bits per heavy atom. The van der Waals surface area contributed by atoms with E-state index in [4.69, 9.17) is 0 Å². The second-order valence-corrected chi connectivity index (χ2v) is 7.62. The Balaban J connectivity index is 1.22. The van der Waals surface area contributed by atoms with E-state index in [9.17, 15) is 4.79 Å². The van der Waals surface area contributed by atoms with Gasteiger partial charge in [0.15, 0.2) is 0 Å². The number of fused-ring (bicyclic) bond motifs is 1. The van der Waals surface area contributed by atoms with Crippen LogP contribution in [-0.4, -0.2) is 47.0 Å². The summed E-state index contributed by atoms with van der Waals surface area (Å²) in [6, 6.07) is 3.95. The van der Waals surface area contributed by atoms with Gasteiger partial charge >= 0.3 is 0 Å². The Kier molecular flexibility index (Phi) is 4.14. The van der Waals surface area contributed by atoms with E-state index in [1.807, 2.05) is 18.3 Å². The molecule has 2 fully saturated rings. The van der Waals surface area contributed by atoms with E-state index in [2.05, 4.69) is 30.1 Å². The maximum atomic E-state index is 11.8. The summed E-state index contributed by atoms with van der Waals surface area (Å²) >= 11 is 0. The van der Waals surface area contributed by atoms with Gasteiger partial charge in [-0.3, -0.25) is 4.79 Å². The first-order chi connectivity index (χ1) is 13.3. The smallest absolute Gasteiger partial charge is 0.228 e. The number of pyridine rings is 1. The van der Waals surface area contributed by atoms with Gasteiger partial charge in [0.1, 0.15) is 18.0 Å². The normalized spacial score (nSPS) is 19.1. The minimum atomic E-state index is 0.0984. The van der Waals surface area contributed by atoms with Crippen LogP contribution in [-0.2, 0) is 17.6 Å². The van der Waals surface area contributed by atoms with Crippen molar-refractivity contribution in [3.05, 3.63) is 35.9 Å². The van der Waals surface area contributed by atoms with Gasteiger partial charge in [-0.1, -0.05) is 0 Å². The molecule has 0 aromatic carbocycles. The Morgan fingerprint density at radius 3 is 2.56 bits per heavy atom. The molecule has 0 unspecified atom stereocenters. The van der Waals surface area contributed by atoms with Gasteiger partial charge in [0.25, 0.3) is 0 Å². The molecule has 2 aromatic rings. The zero-order chi connectivity index (χ0) is 18.2. The predicted molar refractivity (Wildman–Crippen MR) is 104 cm³/mol. The van der Waals surface area contributed by atoms with Crippen LogP contribution in [0.15, 0.2) is 24.7 Å². The second kappa shape index (κ2) is 6.79. The van der Waals surface area contributed by atoms with Crippen LogP contribution >= 0.6 is 0 Å². The predicted octanol–water partition coefficient (Wildman–Crippen LogP) is 2.04. The molecule has 3 aliphatic rings. The average Bonchev–Trinajstić information content (AvgIpc) is 3.46. The number of carbonyl (C=O) groups excluding carboxylic acids is 1. The fourth-order valence-electron chi connectivity index (χ4n) is 4.01. The lowest BCUT2D eigenvalue weighted by Crippen LogP contribution is -2.47. The summed E-state index contributed by atoms with van der Waals surface area (Å²) in [5.41, 5.74) is 3.69. The molecule has 1 N–H and O–H groups in total. The van der Waals surface area contributed by atoms with Crippen LogP contribution in [0, 0.1) is 5.92 Å². The Labute approximate surface area is 158 Å². The van der Waals surface area contributed by atoms with Crippen molar-refractivity contribution in [3.63, 3.8) is 0 Å². The summed E-state index contributed by atoms with van der Waals surface area (Å²) in [7, 11) is 0. The highest BCUT2D eigenvalue weighted by atomic mass is 16.2. The van der Waals surface area contributed by atoms with Gasteiger partial charge in [-0.05, 0) is 44.2 Å². The van der Waals surface area contributed by atoms with Crippen LogP contribution < -0.4 is 15.1 Å². The highest BCUT2D eigenvalue weighted by Gasteiger charge is 2.30. The highest BCUT2D eigenvalue weighted by molar-refractivity contribution is 5.93. The van der Waals surface area contributed by atoms with Crippen molar-refractivity contribution in [2.75, 3.05) is 41.3 Å². The molecule has 1 amide bonds. The molecule has 1 saturated heterocycles. The highest BCUT2D eigenvalue weighted by Crippen LogP contribution is 2.31. The molecule has 5 rings (SSSR count). The maximum Gasteiger partial charge on any atom is 0.228 e. The van der Waals surface area contributed by atoms with E-state index in [-0.39, 0.29) is 11.8 Å². The van der Waals surface area contributed by atoms with Crippen molar-refractivity contribution in [1.82, 2.24) is 15.0 Å². The number of rotatable bonds is 4. The third-order valence-electron chi connectivity index (χ3n) is 5.74. The molecule has 2 aliphatic carbocycles. The third kappa shape index (κ3) is 3.34. The van der Waals surface area contributed by atoms with Crippen LogP contribution in [0.2, 0.25) is 0 Å². The van der Waals surface area contributed by atoms with Crippen molar-refractivity contribution in [2.24, 2.45) is 5.92 Å². The SMILES string of the molecule is O=C(Nc1ccc(N2CCN(c3ncnc4c3CCC4)CC2)cn1)C1CC1. The van der Waals surface area contributed by atoms with Crippen molar-refractivity contribution >= 4 is 23.2 Å². The summed E-state index contributed by atoms with van der Waals surface area (Å²) in [5.74, 6) is 2.07. The van der Waals surface area contributed by atoms with Crippen LogP contribution in [0.5, 0.6) is 0 Å². The lowest BCUT2D eigenvalue weighted by atomic mass is 10.2. The van der Waals surface area contributed by atoms with Gasteiger partial charge in [-0.15, -0.1) is 0 Å². The largest absolute Gasteiger partial charge is 0.367 e. The minimum absolute atomic E-state index is 0.0984. The van der Waals surface area contributed by atoms with E-state index in [0.29, 0.717) is 5.82 Å². The van der Waals surface area contributed by atoms with Crippen LogP contribution in [0.4, 0.5) is 17.3 Å². The van der Waals surface area contributed by atoms with Crippen molar-refractivity contribution in [2.45, 2.75) is 32.1 Å². The van der Waals surface area contributed by atoms with Gasteiger partial charge < -0.3 is 15.1 Å². The van der Waals surface area contributed by atoms with Gasteiger partial charge in [0.2, 0.25) is 5.91 Å². The van der Waals surface area contributed by atoms with Gasteiger partial charge in [0, 0.05) is 43.4 Å². The molecule has 0 atom stereocenters. The molecule has 1 saturated carbocycles. The van der Waals surface area contributed by atoms with Crippen LogP contribution in [0.3, 0.4) is 0 Å². The minimum Gasteiger partial charge on any atom is -0.367 e. The molecule has 27 heavy (non-hydrogen) atoms. The fourth-order valence-corrected chi connectivity index (χ4v) is 4.01. The Bertz CT molecular complexity index is 840. The molecule has 140 valence electrons. The number of carbonyl (C=O) groups is 1. The number of nitrogens with zero attached hydrogens (tertiary/aromatic N) is 5. The summed E-state index contributed by atoms with van der Waals surface area (Å²) in [6.45, 7) is 3.77. The van der Waals surface area contributed by atoms with Crippen LogP contribution in [0.25, 0.3) is 0 Å². The Morgan fingerprint density at radius 2 is 1.81 bits per heavy atom. The number of hydrogen-bond acceptors (Lipinski definition) is 6. The second-order valence-electron chi connectivity index (χ2n) is 7.62. The molecular formula is C20H24N6O. The zero-order valence-electron chi connectivity index (χ0n) is 15.4. The first kappa shape index (κ1) is 16.5. The number of nitrogens with one attached hydrogen (secondary N) is 1. The first-order valence-electron chi connectivity index (χ1n) is 9.87. The Hall–Kier alpha value is -2.70. The van der Waals surface area contributed by atoms with E-state index >= 15 is 0 Å². The molecule has 0 radical (unpaired) electrons. The topological polar surface area (TPSA) is 74.2 Å². The van der Waals surface area contributed by atoms with E-state index in [1.165, 1.54) is 17.7 Å². The van der Waals surface area contributed by atoms with Gasteiger partial charge in [-0.25, -0.2) is 15.0 Å². The van der Waals surface area contributed by atoms with Crippen molar-refractivity contribution < 1.29 is 4.79 Å². The lowest BCUT2D eigenvalue weighted by Gasteiger charge is -2.37. The fraction of sp³-hybridized carbons (Fsp3) is 0.500. The maximum absolute atomic E-state index is 11.8. The van der Waals surface area contributed by atoms with Crippen LogP contribution in [0.1, 0.15) is 30.5 Å². The summed E-state index contributed by atoms with van der Waals surface area (Å²) in [6.07, 6.45) is 8.96. The van der Waals surface area contributed by atoms with Gasteiger partial charge in [0.05, 0.1) is 11.9 Å². The number of aryl methyl sites for hydroxylation is 1. The molecule has 7 nitrogen and oxygen atoms in total. The van der Waals surface area contributed by atoms with Gasteiger partial charge in [-0.2, -0.15) is 0 Å². The summed E-state index contributed by atoms with van der Waals surface area (Å²) in [4.78, 5) is 30.0. The monoisotopic (exact) mass is 364 g/mol. The number of aromatic nitrogens is 3. The standard InChI is InChI=1S/C20H24N6O/c27-20(14-4-5-14)24-18-7-6-15(12-21-18)25-8-10-26(11-9-25)19-16-2-1-3-17(16)22-13-23-19/h6-7,12-14H,1-5,8-11H2,(H,21,24,27). The molecule has 0 bridgehead atoms. The average molecular weight is 364 g/mol. The van der Waals surface area contributed by atoms with E-state index in [0.717, 1.165) is 63.4 Å². The molecule has 7 heteroatoms. The van der Waals surface area contributed by atoms with E-state index in [1.54, 1.807) is 6.33 Å². The first-order valence-corrected chi connectivity index (χ1v) is 9.87. The number of piperazine rings is 1. The third-order valence-corrected chi connectivity index (χ3v) is 5.74. The molecule has 1 aliphatic heterocycles. The van der Waals surface area contributed by atoms with Crippen molar-refractivity contribution in [1.29, 1.82) is 0 Å². The lowest BCUT2D eigenvalue weighted by molar-refractivity contribution is -0.117. The molecular weight excluding hydrogens is 340 g/mol. The number of hydrogen-bond donors (Lipinski definition) is 1. The summed E-state index contributed by atoms with van der Waals surface area (Å²) in [5, 5.41) is 2.90. The molecule has 3 heterocycles. The number of anilines is 3. The van der Waals surface area contributed by atoms with E-state index < -0.39 is 0 Å². The summed E-state index contributed by atoms with van der Waals surface area (Å²) < 4.78 is 0.